The van der Waals surface area contributed by atoms with Gasteiger partial charge in [0.15, 0.2) is 0 Å². The second kappa shape index (κ2) is 4.95. The molecule has 1 heterocycles. The van der Waals surface area contributed by atoms with Gasteiger partial charge in [0, 0.05) is 19.5 Å². The predicted molar refractivity (Wildman–Crippen MR) is 50.4 cm³/mol. The molecular weight excluding hydrogens is 184 g/mol. The standard InChI is InChI=1S/C9H16N2O3/c1-14-9(13)7-2-4-11(6-7)5-3-8(10)12/h7H,2-6H2,1H3,(H2,10,12). The van der Waals surface area contributed by atoms with Crippen molar-refractivity contribution in [2.45, 2.75) is 12.8 Å². The smallest absolute Gasteiger partial charge is 0.310 e. The van der Waals surface area contributed by atoms with E-state index in [1.165, 1.54) is 7.11 Å². The van der Waals surface area contributed by atoms with Gasteiger partial charge in [-0.2, -0.15) is 0 Å². The van der Waals surface area contributed by atoms with Crippen molar-refractivity contribution in [3.8, 4) is 0 Å². The fraction of sp³-hybridized carbons (Fsp3) is 0.778. The highest BCUT2D eigenvalue weighted by Crippen LogP contribution is 2.17. The molecule has 2 N–H and O–H groups in total. The van der Waals surface area contributed by atoms with Crippen LogP contribution in [-0.2, 0) is 14.3 Å². The van der Waals surface area contributed by atoms with Gasteiger partial charge in [-0.05, 0) is 13.0 Å². The molecule has 1 aliphatic rings. The first kappa shape index (κ1) is 11.0. The molecule has 0 aromatic heterocycles. The van der Waals surface area contributed by atoms with Crippen molar-refractivity contribution in [1.29, 1.82) is 0 Å². The van der Waals surface area contributed by atoms with Crippen LogP contribution in [0.5, 0.6) is 0 Å². The van der Waals surface area contributed by atoms with E-state index < -0.39 is 0 Å². The third kappa shape index (κ3) is 2.99. The van der Waals surface area contributed by atoms with E-state index in [-0.39, 0.29) is 17.8 Å². The molecule has 0 radical (unpaired) electrons. The molecule has 1 saturated heterocycles. The van der Waals surface area contributed by atoms with Gasteiger partial charge in [-0.3, -0.25) is 9.59 Å². The Balaban J connectivity index is 2.27. The molecule has 1 amide bonds. The largest absolute Gasteiger partial charge is 0.469 e. The number of methoxy groups -OCH3 is 1. The van der Waals surface area contributed by atoms with Gasteiger partial charge in [-0.15, -0.1) is 0 Å². The summed E-state index contributed by atoms with van der Waals surface area (Å²) in [5.41, 5.74) is 5.03. The van der Waals surface area contributed by atoms with Crippen LogP contribution in [0.25, 0.3) is 0 Å². The molecule has 0 aliphatic carbocycles. The Morgan fingerprint density at radius 1 is 1.57 bits per heavy atom. The lowest BCUT2D eigenvalue weighted by Gasteiger charge is -2.13. The first-order valence-corrected chi connectivity index (χ1v) is 4.72. The third-order valence-corrected chi connectivity index (χ3v) is 2.48. The summed E-state index contributed by atoms with van der Waals surface area (Å²) < 4.78 is 4.65. The Hall–Kier alpha value is -1.10. The van der Waals surface area contributed by atoms with Crippen LogP contribution in [0.4, 0.5) is 0 Å². The molecule has 0 spiro atoms. The van der Waals surface area contributed by atoms with Crippen molar-refractivity contribution in [2.75, 3.05) is 26.7 Å². The Bertz CT molecular complexity index is 230. The molecule has 1 aliphatic heterocycles. The molecule has 1 unspecified atom stereocenters. The molecule has 0 bridgehead atoms. The van der Waals surface area contributed by atoms with Gasteiger partial charge < -0.3 is 15.4 Å². The molecule has 1 fully saturated rings. The van der Waals surface area contributed by atoms with Crippen LogP contribution >= 0.6 is 0 Å². The predicted octanol–water partition coefficient (Wildman–Crippen LogP) is -0.643. The lowest BCUT2D eigenvalue weighted by molar-refractivity contribution is -0.144. The lowest BCUT2D eigenvalue weighted by Crippen LogP contribution is -2.27. The third-order valence-electron chi connectivity index (χ3n) is 2.48. The molecule has 1 atom stereocenters. The topological polar surface area (TPSA) is 72.6 Å². The maximum Gasteiger partial charge on any atom is 0.310 e. The van der Waals surface area contributed by atoms with Gasteiger partial charge in [-0.25, -0.2) is 0 Å². The minimum Gasteiger partial charge on any atom is -0.469 e. The Labute approximate surface area is 83.2 Å². The van der Waals surface area contributed by atoms with Crippen LogP contribution < -0.4 is 5.73 Å². The summed E-state index contributed by atoms with van der Waals surface area (Å²) in [6, 6.07) is 0. The summed E-state index contributed by atoms with van der Waals surface area (Å²) in [6.07, 6.45) is 1.17. The highest BCUT2D eigenvalue weighted by atomic mass is 16.5. The summed E-state index contributed by atoms with van der Waals surface area (Å²) in [5, 5.41) is 0. The van der Waals surface area contributed by atoms with Crippen molar-refractivity contribution >= 4 is 11.9 Å². The van der Waals surface area contributed by atoms with Crippen molar-refractivity contribution in [1.82, 2.24) is 4.90 Å². The zero-order valence-corrected chi connectivity index (χ0v) is 8.36. The molecule has 0 aromatic carbocycles. The molecule has 0 aromatic rings. The molecule has 5 nitrogen and oxygen atoms in total. The summed E-state index contributed by atoms with van der Waals surface area (Å²) in [4.78, 5) is 23.8. The van der Waals surface area contributed by atoms with E-state index in [1.807, 2.05) is 0 Å². The van der Waals surface area contributed by atoms with Crippen molar-refractivity contribution in [2.24, 2.45) is 11.7 Å². The normalized spacial score (nSPS) is 22.2. The highest BCUT2D eigenvalue weighted by molar-refractivity contribution is 5.74. The number of nitrogens with two attached hydrogens (primary N) is 1. The maximum atomic E-state index is 11.2. The summed E-state index contributed by atoms with van der Waals surface area (Å²) in [7, 11) is 1.40. The molecule has 14 heavy (non-hydrogen) atoms. The Morgan fingerprint density at radius 3 is 2.86 bits per heavy atom. The minimum atomic E-state index is -0.300. The van der Waals surface area contributed by atoms with Crippen LogP contribution in [-0.4, -0.2) is 43.5 Å². The highest BCUT2D eigenvalue weighted by Gasteiger charge is 2.28. The number of likely N-dealkylation sites (tertiary alicyclic amines) is 1. The van der Waals surface area contributed by atoms with Gasteiger partial charge in [0.25, 0.3) is 0 Å². The zero-order valence-electron chi connectivity index (χ0n) is 8.36. The second-order valence-electron chi connectivity index (χ2n) is 3.53. The fourth-order valence-corrected chi connectivity index (χ4v) is 1.66. The van der Waals surface area contributed by atoms with Gasteiger partial charge in [0.2, 0.25) is 5.91 Å². The average molecular weight is 200 g/mol. The van der Waals surface area contributed by atoms with Gasteiger partial charge in [0.1, 0.15) is 0 Å². The van der Waals surface area contributed by atoms with Crippen LogP contribution in [0.2, 0.25) is 0 Å². The number of carbonyl (C=O) groups excluding carboxylic acids is 2. The first-order chi connectivity index (χ1) is 6.63. The number of amides is 1. The Morgan fingerprint density at radius 2 is 2.29 bits per heavy atom. The number of rotatable bonds is 4. The molecule has 0 saturated carbocycles. The zero-order chi connectivity index (χ0) is 10.6. The van der Waals surface area contributed by atoms with Crippen molar-refractivity contribution in [3.05, 3.63) is 0 Å². The Kier molecular flexibility index (Phi) is 3.88. The van der Waals surface area contributed by atoms with Crippen molar-refractivity contribution in [3.63, 3.8) is 0 Å². The van der Waals surface area contributed by atoms with E-state index >= 15 is 0 Å². The van der Waals surface area contributed by atoms with E-state index in [2.05, 4.69) is 9.64 Å². The summed E-state index contributed by atoms with van der Waals surface area (Å²) in [6.45, 7) is 2.16. The van der Waals surface area contributed by atoms with Crippen LogP contribution in [0.3, 0.4) is 0 Å². The van der Waals surface area contributed by atoms with Crippen molar-refractivity contribution < 1.29 is 14.3 Å². The quantitative estimate of drug-likeness (QED) is 0.612. The van der Waals surface area contributed by atoms with Gasteiger partial charge in [0.05, 0.1) is 13.0 Å². The number of carbonyl (C=O) groups is 2. The summed E-state index contributed by atoms with van der Waals surface area (Å²) >= 11 is 0. The number of ether oxygens (including phenoxy) is 1. The van der Waals surface area contributed by atoms with E-state index in [4.69, 9.17) is 5.73 Å². The monoisotopic (exact) mass is 200 g/mol. The molecule has 80 valence electrons. The van der Waals surface area contributed by atoms with Gasteiger partial charge >= 0.3 is 5.97 Å². The first-order valence-electron chi connectivity index (χ1n) is 4.72. The number of esters is 1. The number of primary amides is 1. The lowest BCUT2D eigenvalue weighted by atomic mass is 10.1. The number of nitrogens with zero attached hydrogens (tertiary/aromatic N) is 1. The van der Waals surface area contributed by atoms with E-state index in [0.717, 1.165) is 13.0 Å². The van der Waals surface area contributed by atoms with Crippen LogP contribution in [0, 0.1) is 5.92 Å². The number of hydrogen-bond acceptors (Lipinski definition) is 4. The SMILES string of the molecule is COC(=O)C1CCN(CCC(N)=O)C1. The number of hydrogen-bond donors (Lipinski definition) is 1. The molecule has 5 heteroatoms. The van der Waals surface area contributed by atoms with E-state index in [9.17, 15) is 9.59 Å². The fourth-order valence-electron chi connectivity index (χ4n) is 1.66. The molecule has 1 rings (SSSR count). The van der Waals surface area contributed by atoms with Gasteiger partial charge in [-0.1, -0.05) is 0 Å². The maximum absolute atomic E-state index is 11.2. The van der Waals surface area contributed by atoms with Crippen LogP contribution in [0.1, 0.15) is 12.8 Å². The van der Waals surface area contributed by atoms with E-state index in [1.54, 1.807) is 0 Å². The summed E-state index contributed by atoms with van der Waals surface area (Å²) in [5.74, 6) is -0.494. The second-order valence-corrected chi connectivity index (χ2v) is 3.53. The average Bonchev–Trinajstić information content (AvgIpc) is 2.62. The van der Waals surface area contributed by atoms with E-state index in [0.29, 0.717) is 19.5 Å². The molecular formula is C9H16N2O3. The van der Waals surface area contributed by atoms with Crippen LogP contribution in [0.15, 0.2) is 0 Å². The minimum absolute atomic E-state index is 0.0344.